The van der Waals surface area contributed by atoms with Crippen molar-refractivity contribution in [3.05, 3.63) is 60.9 Å². The molecule has 0 unspecified atom stereocenters. The number of hydrogen-bond acceptors (Lipinski definition) is 5. The van der Waals surface area contributed by atoms with Crippen LogP contribution in [0.15, 0.2) is 55.1 Å². The van der Waals surface area contributed by atoms with Gasteiger partial charge in [-0.05, 0) is 30.3 Å². The Labute approximate surface area is 143 Å². The van der Waals surface area contributed by atoms with Gasteiger partial charge in [0.05, 0.1) is 5.92 Å². The molecule has 0 saturated carbocycles. The first-order valence-electron chi connectivity index (χ1n) is 7.82. The summed E-state index contributed by atoms with van der Waals surface area (Å²) in [7, 11) is 0. The van der Waals surface area contributed by atoms with E-state index in [1.165, 1.54) is 18.5 Å². The van der Waals surface area contributed by atoms with Crippen LogP contribution in [0.3, 0.4) is 0 Å². The van der Waals surface area contributed by atoms with Gasteiger partial charge in [-0.25, -0.2) is 19.0 Å². The minimum absolute atomic E-state index is 0.0794. The van der Waals surface area contributed by atoms with Crippen molar-refractivity contribution < 1.29 is 9.18 Å². The standard InChI is InChI=1S/C17H15FN6O/c18-13-2-4-14(5-3-13)22-17(25)12-9-23(10-12)15-8-16(20-11-19-15)24-7-1-6-21-24/h1-8,11-12H,9-10H2,(H,22,25). The number of nitrogens with zero attached hydrogens (tertiary/aromatic N) is 5. The van der Waals surface area contributed by atoms with Gasteiger partial charge >= 0.3 is 0 Å². The van der Waals surface area contributed by atoms with E-state index in [0.29, 0.717) is 24.6 Å². The molecular formula is C17H15FN6O. The van der Waals surface area contributed by atoms with E-state index in [2.05, 4.69) is 20.4 Å². The molecule has 25 heavy (non-hydrogen) atoms. The van der Waals surface area contributed by atoms with Crippen molar-refractivity contribution in [3.8, 4) is 5.82 Å². The van der Waals surface area contributed by atoms with Crippen molar-refractivity contribution in [3.63, 3.8) is 0 Å². The fourth-order valence-corrected chi connectivity index (χ4v) is 2.65. The van der Waals surface area contributed by atoms with Crippen molar-refractivity contribution in [2.75, 3.05) is 23.3 Å². The van der Waals surface area contributed by atoms with Crippen LogP contribution in [-0.4, -0.2) is 38.7 Å². The molecule has 8 heteroatoms. The SMILES string of the molecule is O=C(Nc1ccc(F)cc1)C1CN(c2cc(-n3cccn3)ncn2)C1. The maximum atomic E-state index is 12.9. The molecule has 0 atom stereocenters. The summed E-state index contributed by atoms with van der Waals surface area (Å²) in [5.41, 5.74) is 0.591. The van der Waals surface area contributed by atoms with Crippen LogP contribution in [0.25, 0.3) is 5.82 Å². The molecule has 1 saturated heterocycles. The van der Waals surface area contributed by atoms with Crippen molar-refractivity contribution in [1.82, 2.24) is 19.7 Å². The van der Waals surface area contributed by atoms with E-state index in [9.17, 15) is 9.18 Å². The lowest BCUT2D eigenvalue weighted by Crippen LogP contribution is -2.52. The largest absolute Gasteiger partial charge is 0.355 e. The number of rotatable bonds is 4. The fourth-order valence-electron chi connectivity index (χ4n) is 2.65. The van der Waals surface area contributed by atoms with E-state index in [4.69, 9.17) is 0 Å². The number of aromatic nitrogens is 4. The predicted molar refractivity (Wildman–Crippen MR) is 89.9 cm³/mol. The first kappa shape index (κ1) is 15.3. The monoisotopic (exact) mass is 338 g/mol. The van der Waals surface area contributed by atoms with Crippen LogP contribution in [0.4, 0.5) is 15.9 Å². The molecule has 1 aliphatic rings. The topological polar surface area (TPSA) is 75.9 Å². The van der Waals surface area contributed by atoms with Crippen molar-refractivity contribution in [2.24, 2.45) is 5.92 Å². The molecule has 1 aliphatic heterocycles. The number of carbonyl (C=O) groups is 1. The second kappa shape index (κ2) is 6.31. The zero-order chi connectivity index (χ0) is 17.2. The number of carbonyl (C=O) groups excluding carboxylic acids is 1. The number of halogens is 1. The first-order valence-corrected chi connectivity index (χ1v) is 7.82. The van der Waals surface area contributed by atoms with Gasteiger partial charge in [-0.1, -0.05) is 0 Å². The van der Waals surface area contributed by atoms with Crippen LogP contribution in [0, 0.1) is 11.7 Å². The summed E-state index contributed by atoms with van der Waals surface area (Å²) in [4.78, 5) is 22.7. The van der Waals surface area contributed by atoms with Gasteiger partial charge in [-0.3, -0.25) is 4.79 Å². The van der Waals surface area contributed by atoms with E-state index in [1.54, 1.807) is 29.2 Å². The highest BCUT2D eigenvalue weighted by Crippen LogP contribution is 2.24. The molecule has 7 nitrogen and oxygen atoms in total. The quantitative estimate of drug-likeness (QED) is 0.786. The second-order valence-electron chi connectivity index (χ2n) is 5.78. The summed E-state index contributed by atoms with van der Waals surface area (Å²) in [6.07, 6.45) is 4.97. The van der Waals surface area contributed by atoms with Gasteiger partial charge in [0, 0.05) is 37.2 Å². The Kier molecular flexibility index (Phi) is 3.85. The van der Waals surface area contributed by atoms with Gasteiger partial charge in [0.1, 0.15) is 18.0 Å². The summed E-state index contributed by atoms with van der Waals surface area (Å²) in [6.45, 7) is 1.14. The second-order valence-corrected chi connectivity index (χ2v) is 5.78. The van der Waals surface area contributed by atoms with Gasteiger partial charge < -0.3 is 10.2 Å². The third kappa shape index (κ3) is 3.18. The molecule has 1 aromatic carbocycles. The Balaban J connectivity index is 1.38. The van der Waals surface area contributed by atoms with Crippen LogP contribution in [0.1, 0.15) is 0 Å². The Morgan fingerprint density at radius 2 is 1.92 bits per heavy atom. The third-order valence-corrected chi connectivity index (χ3v) is 4.07. The molecule has 3 aromatic rings. The van der Waals surface area contributed by atoms with Gasteiger partial charge in [0.2, 0.25) is 5.91 Å². The summed E-state index contributed by atoms with van der Waals surface area (Å²) in [6, 6.07) is 9.39. The van der Waals surface area contributed by atoms with Crippen LogP contribution in [0.5, 0.6) is 0 Å². The number of anilines is 2. The average molecular weight is 338 g/mol. The highest BCUT2D eigenvalue weighted by Gasteiger charge is 2.33. The maximum Gasteiger partial charge on any atom is 0.231 e. The molecule has 2 aromatic heterocycles. The molecule has 1 N–H and O–H groups in total. The summed E-state index contributed by atoms with van der Waals surface area (Å²) < 4.78 is 14.6. The molecule has 0 aliphatic carbocycles. The van der Waals surface area contributed by atoms with Gasteiger partial charge in [-0.2, -0.15) is 5.10 Å². The molecule has 0 bridgehead atoms. The first-order chi connectivity index (χ1) is 12.2. The molecule has 0 radical (unpaired) electrons. The van der Waals surface area contributed by atoms with E-state index >= 15 is 0 Å². The van der Waals surface area contributed by atoms with Gasteiger partial charge in [0.15, 0.2) is 5.82 Å². The van der Waals surface area contributed by atoms with Gasteiger partial charge in [-0.15, -0.1) is 0 Å². The van der Waals surface area contributed by atoms with Crippen LogP contribution < -0.4 is 10.2 Å². The summed E-state index contributed by atoms with van der Waals surface area (Å²) in [5, 5.41) is 6.94. The lowest BCUT2D eigenvalue weighted by molar-refractivity contribution is -0.120. The minimum Gasteiger partial charge on any atom is -0.355 e. The van der Waals surface area contributed by atoms with E-state index in [0.717, 1.165) is 5.82 Å². The lowest BCUT2D eigenvalue weighted by Gasteiger charge is -2.39. The Morgan fingerprint density at radius 1 is 1.16 bits per heavy atom. The lowest BCUT2D eigenvalue weighted by atomic mass is 9.99. The molecule has 4 rings (SSSR count). The van der Waals surface area contributed by atoms with Crippen LogP contribution >= 0.6 is 0 Å². The molecular weight excluding hydrogens is 323 g/mol. The van der Waals surface area contributed by atoms with Crippen molar-refractivity contribution in [1.29, 1.82) is 0 Å². The van der Waals surface area contributed by atoms with Crippen LogP contribution in [0.2, 0.25) is 0 Å². The molecule has 0 spiro atoms. The number of hydrogen-bond donors (Lipinski definition) is 1. The molecule has 1 fully saturated rings. The average Bonchev–Trinajstić information content (AvgIpc) is 3.10. The summed E-state index contributed by atoms with van der Waals surface area (Å²) in [5.74, 6) is 0.891. The number of benzene rings is 1. The van der Waals surface area contributed by atoms with Crippen LogP contribution in [-0.2, 0) is 4.79 Å². The number of nitrogens with one attached hydrogen (secondary N) is 1. The fraction of sp³-hybridized carbons (Fsp3) is 0.176. The Hall–Kier alpha value is -3.29. The zero-order valence-electron chi connectivity index (χ0n) is 13.2. The van der Waals surface area contributed by atoms with Gasteiger partial charge in [0.25, 0.3) is 0 Å². The smallest absolute Gasteiger partial charge is 0.231 e. The highest BCUT2D eigenvalue weighted by atomic mass is 19.1. The zero-order valence-corrected chi connectivity index (χ0v) is 13.2. The molecule has 126 valence electrons. The molecule has 3 heterocycles. The predicted octanol–water partition coefficient (Wildman–Crippen LogP) is 1.88. The van der Waals surface area contributed by atoms with E-state index in [1.807, 2.05) is 17.0 Å². The van der Waals surface area contributed by atoms with E-state index < -0.39 is 0 Å². The minimum atomic E-state index is -0.329. The third-order valence-electron chi connectivity index (χ3n) is 4.07. The normalized spacial score (nSPS) is 14.2. The van der Waals surface area contributed by atoms with E-state index in [-0.39, 0.29) is 17.6 Å². The van der Waals surface area contributed by atoms with Crippen molar-refractivity contribution >= 4 is 17.4 Å². The summed E-state index contributed by atoms with van der Waals surface area (Å²) >= 11 is 0. The van der Waals surface area contributed by atoms with Crippen molar-refractivity contribution in [2.45, 2.75) is 0 Å². The Morgan fingerprint density at radius 3 is 2.64 bits per heavy atom. The Bertz CT molecular complexity index is 874. The number of amides is 1. The maximum absolute atomic E-state index is 12.9. The molecule has 1 amide bonds. The highest BCUT2D eigenvalue weighted by molar-refractivity contribution is 5.94.